The molecule has 0 bridgehead atoms. The molecule has 0 spiro atoms. The van der Waals surface area contributed by atoms with Crippen molar-refractivity contribution in [2.75, 3.05) is 13.1 Å². The summed E-state index contributed by atoms with van der Waals surface area (Å²) in [5.74, 6) is -1.16. The molecule has 116 valence electrons. The molecule has 0 radical (unpaired) electrons. The molecule has 1 fully saturated rings. The van der Waals surface area contributed by atoms with Crippen LogP contribution in [0, 0.1) is 5.92 Å². The van der Waals surface area contributed by atoms with Gasteiger partial charge in [-0.25, -0.2) is 0 Å². The van der Waals surface area contributed by atoms with Crippen LogP contribution in [-0.4, -0.2) is 39.5 Å². The maximum atomic E-state index is 12.3. The lowest BCUT2D eigenvalue weighted by Crippen LogP contribution is -2.42. The molecule has 1 atom stereocenters. The fourth-order valence-corrected chi connectivity index (χ4v) is 3.12. The molecule has 3 rings (SSSR count). The molecule has 5 nitrogen and oxygen atoms in total. The second kappa shape index (κ2) is 6.22. The topological polar surface area (TPSA) is 62.5 Å². The molecule has 1 aliphatic heterocycles. The van der Waals surface area contributed by atoms with Gasteiger partial charge < -0.3 is 14.6 Å². The summed E-state index contributed by atoms with van der Waals surface area (Å²) in [5.41, 5.74) is 1.12. The number of aryl methyl sites for hydroxylation is 1. The van der Waals surface area contributed by atoms with Crippen LogP contribution in [0.1, 0.15) is 19.3 Å². The summed E-state index contributed by atoms with van der Waals surface area (Å²) in [4.78, 5) is 25.1. The van der Waals surface area contributed by atoms with Gasteiger partial charge >= 0.3 is 5.97 Å². The molecule has 0 saturated carbocycles. The number of carbonyl (C=O) groups excluding carboxylic acids is 1. The molecular formula is C17H20N2O3. The third-order valence-corrected chi connectivity index (χ3v) is 4.37. The Balaban J connectivity index is 1.61. The monoisotopic (exact) mass is 300 g/mol. The highest BCUT2D eigenvalue weighted by molar-refractivity contribution is 5.81. The number of hydrogen-bond acceptors (Lipinski definition) is 2. The first-order valence-electron chi connectivity index (χ1n) is 7.69. The molecule has 0 unspecified atom stereocenters. The smallest absolute Gasteiger partial charge is 0.308 e. The number of nitrogens with zero attached hydrogens (tertiary/aromatic N) is 2. The quantitative estimate of drug-likeness (QED) is 0.943. The molecule has 1 N–H and O–H groups in total. The summed E-state index contributed by atoms with van der Waals surface area (Å²) >= 11 is 0. The number of aliphatic carboxylic acids is 1. The van der Waals surface area contributed by atoms with Crippen LogP contribution >= 0.6 is 0 Å². The highest BCUT2D eigenvalue weighted by atomic mass is 16.4. The van der Waals surface area contributed by atoms with Gasteiger partial charge in [-0.15, -0.1) is 0 Å². The predicted octanol–water partition coefficient (Wildman–Crippen LogP) is 2.35. The van der Waals surface area contributed by atoms with Crippen LogP contribution in [0.15, 0.2) is 36.5 Å². The number of hydrogen-bond donors (Lipinski definition) is 1. The molecular weight excluding hydrogens is 280 g/mol. The second-order valence-electron chi connectivity index (χ2n) is 5.84. The third-order valence-electron chi connectivity index (χ3n) is 4.37. The average Bonchev–Trinajstić information content (AvgIpc) is 2.96. The lowest BCUT2D eigenvalue weighted by Gasteiger charge is -2.30. The fraction of sp³-hybridized carbons (Fsp3) is 0.412. The van der Waals surface area contributed by atoms with Crippen molar-refractivity contribution in [3.63, 3.8) is 0 Å². The van der Waals surface area contributed by atoms with Crippen molar-refractivity contribution >= 4 is 22.8 Å². The standard InChI is InChI=1S/C17H20N2O3/c20-16(19-9-3-5-14(12-19)17(21)22)8-11-18-10-7-13-4-1-2-6-15(13)18/h1-2,4,6-7,10,14H,3,5,8-9,11-12H2,(H,21,22)/t14-/m1/s1. The van der Waals surface area contributed by atoms with Gasteiger partial charge in [0.15, 0.2) is 0 Å². The summed E-state index contributed by atoms with van der Waals surface area (Å²) in [6.07, 6.45) is 3.84. The zero-order valence-corrected chi connectivity index (χ0v) is 12.4. The molecule has 1 aromatic carbocycles. The number of carboxylic acids is 1. The van der Waals surface area contributed by atoms with Crippen molar-refractivity contribution in [3.05, 3.63) is 36.5 Å². The Kier molecular flexibility index (Phi) is 4.13. The normalized spacial score (nSPS) is 18.5. The maximum absolute atomic E-state index is 12.3. The number of rotatable bonds is 4. The van der Waals surface area contributed by atoms with Crippen molar-refractivity contribution in [1.29, 1.82) is 0 Å². The molecule has 1 saturated heterocycles. The van der Waals surface area contributed by atoms with Crippen LogP contribution in [0.5, 0.6) is 0 Å². The number of fused-ring (bicyclic) bond motifs is 1. The van der Waals surface area contributed by atoms with E-state index in [9.17, 15) is 9.59 Å². The van der Waals surface area contributed by atoms with Gasteiger partial charge in [0.2, 0.25) is 5.91 Å². The lowest BCUT2D eigenvalue weighted by molar-refractivity contribution is -0.145. The SMILES string of the molecule is O=C(O)[C@@H]1CCCN(C(=O)CCn2ccc3ccccc32)C1. The van der Waals surface area contributed by atoms with Crippen LogP contribution in [0.25, 0.3) is 10.9 Å². The van der Waals surface area contributed by atoms with Gasteiger partial charge in [-0.05, 0) is 30.4 Å². The molecule has 1 aromatic heterocycles. The second-order valence-corrected chi connectivity index (χ2v) is 5.84. The van der Waals surface area contributed by atoms with Crippen LogP contribution in [0.3, 0.4) is 0 Å². The van der Waals surface area contributed by atoms with Crippen LogP contribution in [0.4, 0.5) is 0 Å². The summed E-state index contributed by atoms with van der Waals surface area (Å²) in [6.45, 7) is 1.65. The first-order valence-corrected chi connectivity index (χ1v) is 7.69. The Bertz CT molecular complexity index is 692. The summed E-state index contributed by atoms with van der Waals surface area (Å²) in [6, 6.07) is 10.1. The Morgan fingerprint density at radius 2 is 2.05 bits per heavy atom. The van der Waals surface area contributed by atoms with Gasteiger partial charge in [-0.2, -0.15) is 0 Å². The van der Waals surface area contributed by atoms with Crippen LogP contribution < -0.4 is 0 Å². The number of benzene rings is 1. The number of carboxylic acid groups (broad SMARTS) is 1. The van der Waals surface area contributed by atoms with Crippen molar-refractivity contribution in [3.8, 4) is 0 Å². The highest BCUT2D eigenvalue weighted by Gasteiger charge is 2.27. The number of aromatic nitrogens is 1. The van der Waals surface area contributed by atoms with Gasteiger partial charge in [0.25, 0.3) is 0 Å². The zero-order chi connectivity index (χ0) is 15.5. The van der Waals surface area contributed by atoms with E-state index >= 15 is 0 Å². The van der Waals surface area contributed by atoms with Gasteiger partial charge in [-0.1, -0.05) is 18.2 Å². The van der Waals surface area contributed by atoms with E-state index in [1.54, 1.807) is 4.90 Å². The van der Waals surface area contributed by atoms with E-state index in [0.717, 1.165) is 11.9 Å². The van der Waals surface area contributed by atoms with Gasteiger partial charge in [-0.3, -0.25) is 9.59 Å². The Labute approximate surface area is 129 Å². The average molecular weight is 300 g/mol. The fourth-order valence-electron chi connectivity index (χ4n) is 3.12. The third kappa shape index (κ3) is 2.98. The minimum atomic E-state index is -0.797. The van der Waals surface area contributed by atoms with Crippen LogP contribution in [-0.2, 0) is 16.1 Å². The molecule has 2 heterocycles. The Morgan fingerprint density at radius 1 is 1.23 bits per heavy atom. The van der Waals surface area contributed by atoms with Crippen LogP contribution in [0.2, 0.25) is 0 Å². The van der Waals surface area contributed by atoms with Gasteiger partial charge in [0.1, 0.15) is 0 Å². The van der Waals surface area contributed by atoms with E-state index in [1.807, 2.05) is 30.5 Å². The molecule has 22 heavy (non-hydrogen) atoms. The van der Waals surface area contributed by atoms with E-state index in [-0.39, 0.29) is 5.91 Å². The van der Waals surface area contributed by atoms with E-state index in [4.69, 9.17) is 5.11 Å². The minimum absolute atomic E-state index is 0.0451. The van der Waals surface area contributed by atoms with Crippen molar-refractivity contribution < 1.29 is 14.7 Å². The van der Waals surface area contributed by atoms with E-state index in [2.05, 4.69) is 10.6 Å². The summed E-state index contributed by atoms with van der Waals surface area (Å²) < 4.78 is 2.08. The number of amides is 1. The van der Waals surface area contributed by atoms with Crippen molar-refractivity contribution in [2.24, 2.45) is 5.92 Å². The van der Waals surface area contributed by atoms with Gasteiger partial charge in [0.05, 0.1) is 5.92 Å². The first kappa shape index (κ1) is 14.6. The number of piperidine rings is 1. The Morgan fingerprint density at radius 3 is 2.86 bits per heavy atom. The Hall–Kier alpha value is -2.30. The summed E-state index contributed by atoms with van der Waals surface area (Å²) in [5, 5.41) is 10.3. The number of para-hydroxylation sites is 1. The van der Waals surface area contributed by atoms with Crippen molar-refractivity contribution in [1.82, 2.24) is 9.47 Å². The largest absolute Gasteiger partial charge is 0.481 e. The lowest BCUT2D eigenvalue weighted by atomic mass is 9.98. The van der Waals surface area contributed by atoms with E-state index < -0.39 is 11.9 Å². The maximum Gasteiger partial charge on any atom is 0.308 e. The number of likely N-dealkylation sites (tertiary alicyclic amines) is 1. The molecule has 0 aliphatic carbocycles. The summed E-state index contributed by atoms with van der Waals surface area (Å²) in [7, 11) is 0. The molecule has 1 amide bonds. The van der Waals surface area contributed by atoms with Crippen molar-refractivity contribution in [2.45, 2.75) is 25.8 Å². The van der Waals surface area contributed by atoms with E-state index in [1.165, 1.54) is 5.39 Å². The number of carbonyl (C=O) groups is 2. The van der Waals surface area contributed by atoms with Gasteiger partial charge in [0, 0.05) is 37.8 Å². The van der Waals surface area contributed by atoms with E-state index in [0.29, 0.717) is 32.5 Å². The molecule has 1 aliphatic rings. The minimum Gasteiger partial charge on any atom is -0.481 e. The highest BCUT2D eigenvalue weighted by Crippen LogP contribution is 2.19. The molecule has 5 heteroatoms. The molecule has 2 aromatic rings. The first-order chi connectivity index (χ1) is 10.6. The predicted molar refractivity (Wildman–Crippen MR) is 83.5 cm³/mol. The zero-order valence-electron chi connectivity index (χ0n) is 12.4.